The molecule has 0 saturated heterocycles. The predicted molar refractivity (Wildman–Crippen MR) is 63.6 cm³/mol. The van der Waals surface area contributed by atoms with Gasteiger partial charge in [-0.1, -0.05) is 19.8 Å². The number of carbonyl (C=O) groups excluding carboxylic acids is 1. The maximum absolute atomic E-state index is 13.3. The molecule has 0 spiro atoms. The summed E-state index contributed by atoms with van der Waals surface area (Å²) < 4.78 is 13.3. The summed E-state index contributed by atoms with van der Waals surface area (Å²) in [5, 5.41) is 2.53. The summed E-state index contributed by atoms with van der Waals surface area (Å²) in [5.74, 6) is -0.652. The fourth-order valence-electron chi connectivity index (χ4n) is 1.38. The number of halogens is 1. The van der Waals surface area contributed by atoms with Crippen LogP contribution in [0.3, 0.4) is 0 Å². The van der Waals surface area contributed by atoms with Gasteiger partial charge in [0.05, 0.1) is 5.69 Å². The molecular formula is C12H17FN2O. The van der Waals surface area contributed by atoms with Crippen molar-refractivity contribution in [1.29, 1.82) is 0 Å². The molecule has 0 aliphatic heterocycles. The number of unbranched alkanes of at least 4 members (excludes halogenated alkanes) is 2. The van der Waals surface area contributed by atoms with Crippen molar-refractivity contribution in [3.05, 3.63) is 24.0 Å². The van der Waals surface area contributed by atoms with Gasteiger partial charge in [-0.05, 0) is 24.6 Å². The minimum absolute atomic E-state index is 0.155. The first-order chi connectivity index (χ1) is 7.63. The van der Waals surface area contributed by atoms with Crippen LogP contribution in [0.25, 0.3) is 0 Å². The van der Waals surface area contributed by atoms with Crippen molar-refractivity contribution in [2.24, 2.45) is 0 Å². The van der Waals surface area contributed by atoms with Crippen LogP contribution in [0.15, 0.2) is 18.2 Å². The average molecular weight is 224 g/mol. The van der Waals surface area contributed by atoms with E-state index in [4.69, 9.17) is 5.73 Å². The van der Waals surface area contributed by atoms with Crippen molar-refractivity contribution in [3.8, 4) is 0 Å². The second kappa shape index (κ2) is 6.10. The number of amides is 1. The standard InChI is InChI=1S/C12H17FN2O/c1-2-3-4-5-12(16)15-11-7-6-9(14)8-10(11)13/h6-8H,2-5,14H2,1H3,(H,15,16). The lowest BCUT2D eigenvalue weighted by molar-refractivity contribution is -0.116. The summed E-state index contributed by atoms with van der Waals surface area (Å²) in [5.41, 5.74) is 5.94. The number of benzene rings is 1. The topological polar surface area (TPSA) is 55.1 Å². The molecule has 0 radical (unpaired) electrons. The zero-order valence-electron chi connectivity index (χ0n) is 9.42. The van der Waals surface area contributed by atoms with Gasteiger partial charge < -0.3 is 11.1 Å². The van der Waals surface area contributed by atoms with Gasteiger partial charge in [0.15, 0.2) is 0 Å². The lowest BCUT2D eigenvalue weighted by atomic mass is 10.2. The molecule has 88 valence electrons. The maximum Gasteiger partial charge on any atom is 0.224 e. The van der Waals surface area contributed by atoms with E-state index in [0.29, 0.717) is 12.1 Å². The molecule has 0 fully saturated rings. The zero-order chi connectivity index (χ0) is 12.0. The first kappa shape index (κ1) is 12.5. The van der Waals surface area contributed by atoms with Crippen molar-refractivity contribution in [3.63, 3.8) is 0 Å². The molecular weight excluding hydrogens is 207 g/mol. The van der Waals surface area contributed by atoms with Crippen molar-refractivity contribution in [2.45, 2.75) is 32.6 Å². The molecule has 1 aromatic rings. The molecule has 0 aliphatic carbocycles. The molecule has 3 N–H and O–H groups in total. The molecule has 0 aliphatic rings. The Morgan fingerprint density at radius 1 is 1.44 bits per heavy atom. The lowest BCUT2D eigenvalue weighted by Gasteiger charge is -2.06. The minimum atomic E-state index is -0.496. The van der Waals surface area contributed by atoms with E-state index in [1.54, 1.807) is 6.07 Å². The van der Waals surface area contributed by atoms with Crippen molar-refractivity contribution in [2.75, 3.05) is 11.1 Å². The molecule has 0 heterocycles. The smallest absolute Gasteiger partial charge is 0.224 e. The van der Waals surface area contributed by atoms with Crippen LogP contribution in [0, 0.1) is 5.82 Å². The number of carbonyl (C=O) groups is 1. The van der Waals surface area contributed by atoms with E-state index in [-0.39, 0.29) is 11.6 Å². The van der Waals surface area contributed by atoms with E-state index < -0.39 is 5.82 Å². The van der Waals surface area contributed by atoms with Crippen LogP contribution < -0.4 is 11.1 Å². The first-order valence-corrected chi connectivity index (χ1v) is 5.48. The Balaban J connectivity index is 2.49. The molecule has 1 rings (SSSR count). The van der Waals surface area contributed by atoms with Crippen LogP contribution in [0.2, 0.25) is 0 Å². The number of hydrogen-bond donors (Lipinski definition) is 2. The van der Waals surface area contributed by atoms with Gasteiger partial charge >= 0.3 is 0 Å². The average Bonchev–Trinajstić information content (AvgIpc) is 2.23. The Morgan fingerprint density at radius 2 is 2.19 bits per heavy atom. The highest BCUT2D eigenvalue weighted by Gasteiger charge is 2.06. The Bertz CT molecular complexity index is 366. The van der Waals surface area contributed by atoms with E-state index in [2.05, 4.69) is 12.2 Å². The molecule has 3 nitrogen and oxygen atoms in total. The lowest BCUT2D eigenvalue weighted by Crippen LogP contribution is -2.12. The Kier molecular flexibility index (Phi) is 4.76. The SMILES string of the molecule is CCCCCC(=O)Nc1ccc(N)cc1F. The van der Waals surface area contributed by atoms with Crippen molar-refractivity contribution >= 4 is 17.3 Å². The van der Waals surface area contributed by atoms with Gasteiger partial charge in [0.2, 0.25) is 5.91 Å². The van der Waals surface area contributed by atoms with Gasteiger partial charge in [-0.3, -0.25) is 4.79 Å². The summed E-state index contributed by atoms with van der Waals surface area (Å²) in [7, 11) is 0. The van der Waals surface area contributed by atoms with Crippen LogP contribution in [0.4, 0.5) is 15.8 Å². The Hall–Kier alpha value is -1.58. The van der Waals surface area contributed by atoms with Crippen molar-refractivity contribution in [1.82, 2.24) is 0 Å². The van der Waals surface area contributed by atoms with E-state index in [0.717, 1.165) is 19.3 Å². The highest BCUT2D eigenvalue weighted by atomic mass is 19.1. The fraction of sp³-hybridized carbons (Fsp3) is 0.417. The Morgan fingerprint density at radius 3 is 2.81 bits per heavy atom. The monoisotopic (exact) mass is 224 g/mol. The van der Waals surface area contributed by atoms with Crippen LogP contribution in [0.5, 0.6) is 0 Å². The van der Waals surface area contributed by atoms with Crippen LogP contribution in [0.1, 0.15) is 32.6 Å². The second-order valence-corrected chi connectivity index (χ2v) is 3.74. The highest BCUT2D eigenvalue weighted by molar-refractivity contribution is 5.90. The molecule has 0 atom stereocenters. The molecule has 4 heteroatoms. The van der Waals surface area contributed by atoms with Gasteiger partial charge in [-0.2, -0.15) is 0 Å². The summed E-state index contributed by atoms with van der Waals surface area (Å²) >= 11 is 0. The van der Waals surface area contributed by atoms with E-state index in [1.165, 1.54) is 12.1 Å². The van der Waals surface area contributed by atoms with Crippen LogP contribution >= 0.6 is 0 Å². The van der Waals surface area contributed by atoms with Crippen LogP contribution in [-0.2, 0) is 4.79 Å². The third-order valence-corrected chi connectivity index (χ3v) is 2.27. The molecule has 0 aromatic heterocycles. The third kappa shape index (κ3) is 3.88. The summed E-state index contributed by atoms with van der Waals surface area (Å²) in [6, 6.07) is 4.23. The second-order valence-electron chi connectivity index (χ2n) is 3.74. The molecule has 0 saturated carbocycles. The molecule has 1 aromatic carbocycles. The summed E-state index contributed by atoms with van der Waals surface area (Å²) in [6.07, 6.45) is 3.33. The molecule has 0 bridgehead atoms. The summed E-state index contributed by atoms with van der Waals surface area (Å²) in [6.45, 7) is 2.07. The molecule has 0 unspecified atom stereocenters. The quantitative estimate of drug-likeness (QED) is 0.596. The number of rotatable bonds is 5. The zero-order valence-corrected chi connectivity index (χ0v) is 9.42. The van der Waals surface area contributed by atoms with E-state index >= 15 is 0 Å². The first-order valence-electron chi connectivity index (χ1n) is 5.48. The third-order valence-electron chi connectivity index (χ3n) is 2.27. The van der Waals surface area contributed by atoms with Gasteiger partial charge in [-0.25, -0.2) is 4.39 Å². The molecule has 16 heavy (non-hydrogen) atoms. The number of anilines is 2. The predicted octanol–water partition coefficient (Wildman–Crippen LogP) is 2.93. The largest absolute Gasteiger partial charge is 0.399 e. The molecule has 1 amide bonds. The minimum Gasteiger partial charge on any atom is -0.399 e. The van der Waals surface area contributed by atoms with Gasteiger partial charge in [0.1, 0.15) is 5.82 Å². The number of nitrogen functional groups attached to an aromatic ring is 1. The maximum atomic E-state index is 13.3. The highest BCUT2D eigenvalue weighted by Crippen LogP contribution is 2.17. The van der Waals surface area contributed by atoms with Gasteiger partial charge in [0.25, 0.3) is 0 Å². The van der Waals surface area contributed by atoms with E-state index in [9.17, 15) is 9.18 Å². The number of nitrogens with one attached hydrogen (secondary N) is 1. The van der Waals surface area contributed by atoms with Gasteiger partial charge in [0, 0.05) is 12.1 Å². The van der Waals surface area contributed by atoms with E-state index in [1.807, 2.05) is 0 Å². The van der Waals surface area contributed by atoms with Gasteiger partial charge in [-0.15, -0.1) is 0 Å². The Labute approximate surface area is 94.8 Å². The fourth-order valence-corrected chi connectivity index (χ4v) is 1.38. The van der Waals surface area contributed by atoms with Crippen molar-refractivity contribution < 1.29 is 9.18 Å². The number of nitrogens with two attached hydrogens (primary N) is 1. The summed E-state index contributed by atoms with van der Waals surface area (Å²) in [4.78, 5) is 11.4. The van der Waals surface area contributed by atoms with Crippen LogP contribution in [-0.4, -0.2) is 5.91 Å². The number of hydrogen-bond acceptors (Lipinski definition) is 2. The normalized spacial score (nSPS) is 10.1.